The van der Waals surface area contributed by atoms with Gasteiger partial charge in [0.2, 0.25) is 0 Å². The Bertz CT molecular complexity index is 1270. The molecule has 34 heavy (non-hydrogen) atoms. The summed E-state index contributed by atoms with van der Waals surface area (Å²) >= 11 is 0. The summed E-state index contributed by atoms with van der Waals surface area (Å²) in [6.45, 7) is 3.02. The number of carbonyl (C=O) groups excluding carboxylic acids is 2. The van der Waals surface area contributed by atoms with E-state index in [1.54, 1.807) is 19.1 Å². The highest BCUT2D eigenvalue weighted by atomic mass is 19.1. The van der Waals surface area contributed by atoms with Gasteiger partial charge in [-0.15, -0.1) is 0 Å². The van der Waals surface area contributed by atoms with Crippen LogP contribution in [0.2, 0.25) is 0 Å². The maximum atomic E-state index is 13.3. The summed E-state index contributed by atoms with van der Waals surface area (Å²) in [7, 11) is 0. The molecule has 1 aromatic heterocycles. The molecule has 5 rings (SSSR count). The predicted octanol–water partition coefficient (Wildman–Crippen LogP) is 5.82. The number of ketones is 1. The average molecular weight is 455 g/mol. The van der Waals surface area contributed by atoms with Crippen molar-refractivity contribution >= 4 is 23.3 Å². The number of likely N-dealkylation sites (tertiary alicyclic amines) is 1. The van der Waals surface area contributed by atoms with Crippen molar-refractivity contribution in [1.82, 2.24) is 9.88 Å². The normalized spacial score (nSPS) is 15.7. The zero-order chi connectivity index (χ0) is 23.7. The number of hydrogen-bond acceptors (Lipinski definition) is 3. The molecular weight excluding hydrogens is 427 g/mol. The van der Waals surface area contributed by atoms with Crippen LogP contribution in [0.5, 0.6) is 0 Å². The first-order valence-electron chi connectivity index (χ1n) is 11.8. The number of Topliss-reactive ketones (excluding diaryl/α,β-unsaturated/α-hetero) is 1. The fourth-order valence-corrected chi connectivity index (χ4v) is 4.97. The Morgan fingerprint density at radius 2 is 1.76 bits per heavy atom. The van der Waals surface area contributed by atoms with E-state index in [-0.39, 0.29) is 17.5 Å². The highest BCUT2D eigenvalue weighted by molar-refractivity contribution is 5.96. The number of piperidine rings is 1. The molecule has 0 unspecified atom stereocenters. The molecule has 0 saturated carbocycles. The summed E-state index contributed by atoms with van der Waals surface area (Å²) in [4.78, 5) is 31.1. The molecule has 5 heteroatoms. The van der Waals surface area contributed by atoms with E-state index < -0.39 is 0 Å². The van der Waals surface area contributed by atoms with Crippen LogP contribution < -0.4 is 0 Å². The van der Waals surface area contributed by atoms with E-state index in [9.17, 15) is 14.0 Å². The predicted molar refractivity (Wildman–Crippen MR) is 132 cm³/mol. The van der Waals surface area contributed by atoms with Crippen molar-refractivity contribution in [3.8, 4) is 11.1 Å². The quantitative estimate of drug-likeness (QED) is 0.488. The van der Waals surface area contributed by atoms with Crippen molar-refractivity contribution in [2.75, 3.05) is 13.1 Å². The Kier molecular flexibility index (Phi) is 6.10. The van der Waals surface area contributed by atoms with Crippen molar-refractivity contribution in [1.29, 1.82) is 0 Å². The van der Waals surface area contributed by atoms with Crippen molar-refractivity contribution in [2.45, 2.75) is 32.6 Å². The molecule has 2 aromatic carbocycles. The van der Waals surface area contributed by atoms with Gasteiger partial charge in [0.1, 0.15) is 11.6 Å². The van der Waals surface area contributed by atoms with Gasteiger partial charge in [-0.25, -0.2) is 4.39 Å². The fraction of sp³-hybridized carbons (Fsp3) is 0.276. The molecule has 0 spiro atoms. The molecular formula is C29H27FN2O2. The number of benzene rings is 2. The molecule has 1 saturated heterocycles. The smallest absolute Gasteiger partial charge is 0.253 e. The van der Waals surface area contributed by atoms with Crippen LogP contribution in [0, 0.1) is 11.7 Å². The highest BCUT2D eigenvalue weighted by Gasteiger charge is 2.24. The summed E-state index contributed by atoms with van der Waals surface area (Å²) in [6, 6.07) is 16.4. The summed E-state index contributed by atoms with van der Waals surface area (Å²) in [5, 5.41) is 0. The lowest BCUT2D eigenvalue weighted by Crippen LogP contribution is -2.38. The van der Waals surface area contributed by atoms with E-state index in [0.717, 1.165) is 52.8 Å². The van der Waals surface area contributed by atoms with E-state index >= 15 is 0 Å². The topological polar surface area (TPSA) is 50.3 Å². The monoisotopic (exact) mass is 454 g/mol. The first-order chi connectivity index (χ1) is 16.5. The maximum absolute atomic E-state index is 13.3. The number of aromatic nitrogens is 1. The third-order valence-corrected chi connectivity index (χ3v) is 6.83. The van der Waals surface area contributed by atoms with Crippen molar-refractivity contribution in [3.05, 3.63) is 89.0 Å². The summed E-state index contributed by atoms with van der Waals surface area (Å²) in [6.07, 6.45) is 7.06. The molecule has 2 aliphatic rings. The third-order valence-electron chi connectivity index (χ3n) is 6.83. The van der Waals surface area contributed by atoms with Gasteiger partial charge in [0, 0.05) is 43.3 Å². The number of fused-ring (bicyclic) bond motifs is 1. The van der Waals surface area contributed by atoms with Gasteiger partial charge in [-0.3, -0.25) is 9.78 Å². The number of rotatable bonds is 5. The number of hydrogen-bond donors (Lipinski definition) is 0. The number of carbonyl (C=O) groups is 2. The number of halogens is 1. The van der Waals surface area contributed by atoms with Crippen LogP contribution in [-0.4, -0.2) is 34.7 Å². The van der Waals surface area contributed by atoms with Crippen molar-refractivity contribution in [3.63, 3.8) is 0 Å². The largest absolute Gasteiger partial charge is 0.339 e. The van der Waals surface area contributed by atoms with E-state index in [0.29, 0.717) is 31.0 Å². The van der Waals surface area contributed by atoms with E-state index in [4.69, 9.17) is 0 Å². The number of pyridine rings is 1. The Morgan fingerprint density at radius 1 is 1.00 bits per heavy atom. The second kappa shape index (κ2) is 9.34. The Balaban J connectivity index is 1.33. The van der Waals surface area contributed by atoms with Gasteiger partial charge in [0.25, 0.3) is 5.91 Å². The molecule has 2 heterocycles. The van der Waals surface area contributed by atoms with Gasteiger partial charge in [-0.2, -0.15) is 0 Å². The molecule has 1 aliphatic carbocycles. The maximum Gasteiger partial charge on any atom is 0.253 e. The molecule has 172 valence electrons. The van der Waals surface area contributed by atoms with Crippen LogP contribution in [0.4, 0.5) is 4.39 Å². The molecule has 0 N–H and O–H groups in total. The van der Waals surface area contributed by atoms with E-state index in [2.05, 4.69) is 17.1 Å². The standard InChI is InChI=1S/C29H27FN2O2/c1-19(33)13-20-9-11-32(12-10-20)29(34)23-4-2-3-22(14-23)26-16-25-15-24(17-28(25)31-18-26)21-5-7-27(30)8-6-21/h2-8,14-16,18,20H,9-13,17H2,1H3. The van der Waals surface area contributed by atoms with E-state index in [1.807, 2.05) is 35.4 Å². The second-order valence-electron chi connectivity index (χ2n) is 9.34. The SMILES string of the molecule is CC(=O)CC1CCN(C(=O)c2cccc(-c3cnc4c(c3)C=C(c3ccc(F)cc3)C4)c2)CC1. The van der Waals surface area contributed by atoms with Gasteiger partial charge in [-0.1, -0.05) is 24.3 Å². The second-order valence-corrected chi connectivity index (χ2v) is 9.34. The average Bonchev–Trinajstić information content (AvgIpc) is 3.28. The van der Waals surface area contributed by atoms with Crippen LogP contribution in [0.25, 0.3) is 22.8 Å². The molecule has 0 radical (unpaired) electrons. The molecule has 3 aromatic rings. The van der Waals surface area contributed by atoms with Crippen molar-refractivity contribution < 1.29 is 14.0 Å². The minimum atomic E-state index is -0.241. The molecule has 0 bridgehead atoms. The van der Waals surface area contributed by atoms with E-state index in [1.165, 1.54) is 12.1 Å². The number of allylic oxidation sites excluding steroid dienone is 1. The molecule has 1 fully saturated rings. The first-order valence-corrected chi connectivity index (χ1v) is 11.8. The van der Waals surface area contributed by atoms with Crippen LogP contribution in [-0.2, 0) is 11.2 Å². The van der Waals surface area contributed by atoms with Crippen LogP contribution >= 0.6 is 0 Å². The zero-order valence-electron chi connectivity index (χ0n) is 19.3. The zero-order valence-corrected chi connectivity index (χ0v) is 19.3. The van der Waals surface area contributed by atoms with Crippen LogP contribution in [0.1, 0.15) is 53.4 Å². The summed E-state index contributed by atoms with van der Waals surface area (Å²) in [5.74, 6) is 0.407. The van der Waals surface area contributed by atoms with Gasteiger partial charge in [0.05, 0.1) is 5.69 Å². The van der Waals surface area contributed by atoms with Gasteiger partial charge >= 0.3 is 0 Å². The summed E-state index contributed by atoms with van der Waals surface area (Å²) in [5.41, 5.74) is 6.77. The fourth-order valence-electron chi connectivity index (χ4n) is 4.97. The van der Waals surface area contributed by atoms with Gasteiger partial charge in [-0.05, 0) is 84.4 Å². The number of nitrogens with zero attached hydrogens (tertiary/aromatic N) is 2. The Hall–Kier alpha value is -3.60. The lowest BCUT2D eigenvalue weighted by molar-refractivity contribution is -0.118. The molecule has 4 nitrogen and oxygen atoms in total. The van der Waals surface area contributed by atoms with Gasteiger partial charge in [0.15, 0.2) is 0 Å². The molecule has 0 atom stereocenters. The van der Waals surface area contributed by atoms with Crippen LogP contribution in [0.15, 0.2) is 60.8 Å². The lowest BCUT2D eigenvalue weighted by atomic mass is 9.91. The molecule has 1 aliphatic heterocycles. The highest BCUT2D eigenvalue weighted by Crippen LogP contribution is 2.33. The minimum Gasteiger partial charge on any atom is -0.339 e. The van der Waals surface area contributed by atoms with Crippen LogP contribution in [0.3, 0.4) is 0 Å². The van der Waals surface area contributed by atoms with Gasteiger partial charge < -0.3 is 9.69 Å². The van der Waals surface area contributed by atoms with Crippen molar-refractivity contribution in [2.24, 2.45) is 5.92 Å². The third kappa shape index (κ3) is 4.69. The minimum absolute atomic E-state index is 0.0377. The Labute approximate surface area is 199 Å². The lowest BCUT2D eigenvalue weighted by Gasteiger charge is -2.31. The summed E-state index contributed by atoms with van der Waals surface area (Å²) < 4.78 is 13.3. The Morgan fingerprint density at radius 3 is 2.50 bits per heavy atom. The first kappa shape index (κ1) is 22.2. The number of amides is 1. The molecule has 1 amide bonds.